The van der Waals surface area contributed by atoms with Crippen molar-refractivity contribution in [1.82, 2.24) is 4.98 Å². The molecule has 0 bridgehead atoms. The molecule has 0 aliphatic rings. The molecular formula is C20H20FN3S. The fourth-order valence-electron chi connectivity index (χ4n) is 2.31. The lowest BCUT2D eigenvalue weighted by Gasteiger charge is -2.18. The Morgan fingerprint density at radius 3 is 2.36 bits per heavy atom. The van der Waals surface area contributed by atoms with Gasteiger partial charge in [-0.25, -0.2) is 9.37 Å². The van der Waals surface area contributed by atoms with Crippen LogP contribution in [-0.4, -0.2) is 11.2 Å². The van der Waals surface area contributed by atoms with E-state index >= 15 is 0 Å². The van der Waals surface area contributed by atoms with Crippen LogP contribution < -0.4 is 5.43 Å². The van der Waals surface area contributed by atoms with Gasteiger partial charge in [0.2, 0.25) is 5.13 Å². The number of nitrogens with one attached hydrogen (secondary N) is 1. The number of benzene rings is 2. The molecule has 1 aromatic heterocycles. The Morgan fingerprint density at radius 1 is 1.04 bits per heavy atom. The zero-order chi connectivity index (χ0) is 17.9. The highest BCUT2D eigenvalue weighted by Crippen LogP contribution is 2.25. The quantitative estimate of drug-likeness (QED) is 0.483. The number of hydrazone groups is 1. The molecule has 2 aromatic carbocycles. The van der Waals surface area contributed by atoms with Crippen molar-refractivity contribution in [2.24, 2.45) is 5.10 Å². The van der Waals surface area contributed by atoms with E-state index in [2.05, 4.69) is 60.5 Å². The summed E-state index contributed by atoms with van der Waals surface area (Å²) in [6, 6.07) is 14.6. The summed E-state index contributed by atoms with van der Waals surface area (Å²) >= 11 is 1.46. The second kappa shape index (κ2) is 7.15. The third-order valence-electron chi connectivity index (χ3n) is 3.79. The molecule has 5 heteroatoms. The number of aromatic nitrogens is 1. The molecule has 0 radical (unpaired) electrons. The Labute approximate surface area is 151 Å². The first-order chi connectivity index (χ1) is 11.9. The molecular weight excluding hydrogens is 333 g/mol. The highest BCUT2D eigenvalue weighted by molar-refractivity contribution is 7.14. The summed E-state index contributed by atoms with van der Waals surface area (Å²) in [5.74, 6) is -0.251. The van der Waals surface area contributed by atoms with Crippen molar-refractivity contribution in [2.75, 3.05) is 5.43 Å². The van der Waals surface area contributed by atoms with E-state index in [1.807, 2.05) is 5.38 Å². The van der Waals surface area contributed by atoms with Crippen LogP contribution in [0.5, 0.6) is 0 Å². The molecule has 0 amide bonds. The van der Waals surface area contributed by atoms with Gasteiger partial charge >= 0.3 is 0 Å². The van der Waals surface area contributed by atoms with Crippen molar-refractivity contribution in [1.29, 1.82) is 0 Å². The Kier molecular flexibility index (Phi) is 4.95. The minimum Gasteiger partial charge on any atom is -0.253 e. The third kappa shape index (κ3) is 4.51. The van der Waals surface area contributed by atoms with Crippen molar-refractivity contribution >= 4 is 22.7 Å². The van der Waals surface area contributed by atoms with Gasteiger partial charge in [0.25, 0.3) is 0 Å². The lowest BCUT2D eigenvalue weighted by molar-refractivity contribution is 0.590. The summed E-state index contributed by atoms with van der Waals surface area (Å²) < 4.78 is 13.0. The average Bonchev–Trinajstić information content (AvgIpc) is 3.04. The number of hydrogen-bond acceptors (Lipinski definition) is 4. The predicted octanol–water partition coefficient (Wildman–Crippen LogP) is 5.69. The maximum atomic E-state index is 13.0. The van der Waals surface area contributed by atoms with Crippen LogP contribution in [0.25, 0.3) is 11.3 Å². The maximum absolute atomic E-state index is 13.0. The van der Waals surface area contributed by atoms with Gasteiger partial charge in [0.15, 0.2) is 0 Å². The molecule has 3 nitrogen and oxygen atoms in total. The molecule has 0 aliphatic carbocycles. The van der Waals surface area contributed by atoms with Gasteiger partial charge in [-0.2, -0.15) is 5.10 Å². The van der Waals surface area contributed by atoms with E-state index < -0.39 is 0 Å². The lowest BCUT2D eigenvalue weighted by Crippen LogP contribution is -2.10. The van der Waals surface area contributed by atoms with E-state index in [0.29, 0.717) is 5.13 Å². The van der Waals surface area contributed by atoms with Gasteiger partial charge in [-0.15, -0.1) is 11.3 Å². The molecule has 25 heavy (non-hydrogen) atoms. The first-order valence-corrected chi connectivity index (χ1v) is 8.91. The topological polar surface area (TPSA) is 37.3 Å². The Hall–Kier alpha value is -2.53. The zero-order valence-electron chi connectivity index (χ0n) is 14.5. The molecule has 128 valence electrons. The van der Waals surface area contributed by atoms with Crippen LogP contribution in [-0.2, 0) is 5.41 Å². The molecule has 1 heterocycles. The molecule has 0 spiro atoms. The Morgan fingerprint density at radius 2 is 1.72 bits per heavy atom. The number of nitrogens with zero attached hydrogens (tertiary/aromatic N) is 2. The molecule has 3 rings (SSSR count). The van der Waals surface area contributed by atoms with E-state index in [1.54, 1.807) is 18.3 Å². The largest absolute Gasteiger partial charge is 0.253 e. The van der Waals surface area contributed by atoms with Crippen LogP contribution in [0.4, 0.5) is 9.52 Å². The summed E-state index contributed by atoms with van der Waals surface area (Å²) in [6.07, 6.45) is 1.77. The molecule has 0 atom stereocenters. The van der Waals surface area contributed by atoms with Crippen LogP contribution in [0.2, 0.25) is 0 Å². The fraction of sp³-hybridized carbons (Fsp3) is 0.200. The first kappa shape index (κ1) is 17.3. The predicted molar refractivity (Wildman–Crippen MR) is 104 cm³/mol. The molecule has 1 N–H and O–H groups in total. The minimum atomic E-state index is -0.251. The Bertz CT molecular complexity index is 859. The fourth-order valence-corrected chi connectivity index (χ4v) is 2.98. The molecule has 3 aromatic rings. The summed E-state index contributed by atoms with van der Waals surface area (Å²) in [4.78, 5) is 4.46. The van der Waals surface area contributed by atoms with E-state index in [4.69, 9.17) is 0 Å². The molecule has 0 aliphatic heterocycles. The summed E-state index contributed by atoms with van der Waals surface area (Å²) in [5.41, 5.74) is 7.09. The molecule has 0 saturated heterocycles. The Balaban J connectivity index is 1.64. The first-order valence-electron chi connectivity index (χ1n) is 8.03. The number of halogens is 1. The van der Waals surface area contributed by atoms with Gasteiger partial charge in [0, 0.05) is 10.9 Å². The van der Waals surface area contributed by atoms with Gasteiger partial charge in [-0.1, -0.05) is 45.0 Å². The summed E-state index contributed by atoms with van der Waals surface area (Å²) in [5, 5.41) is 6.85. The second-order valence-electron chi connectivity index (χ2n) is 6.79. The van der Waals surface area contributed by atoms with Crippen molar-refractivity contribution in [3.8, 4) is 11.3 Å². The minimum absolute atomic E-state index is 0.144. The van der Waals surface area contributed by atoms with Crippen molar-refractivity contribution < 1.29 is 4.39 Å². The highest BCUT2D eigenvalue weighted by Gasteiger charge is 2.12. The molecule has 0 unspecified atom stereocenters. The van der Waals surface area contributed by atoms with E-state index in [9.17, 15) is 4.39 Å². The van der Waals surface area contributed by atoms with Gasteiger partial charge in [-0.3, -0.25) is 5.43 Å². The second-order valence-corrected chi connectivity index (χ2v) is 7.64. The van der Waals surface area contributed by atoms with Gasteiger partial charge in [0.1, 0.15) is 5.82 Å². The SMILES string of the molecule is CC(C)(C)c1ccc(C=NNc2nc(-c3ccc(F)cc3)cs2)cc1. The van der Waals surface area contributed by atoms with E-state index in [0.717, 1.165) is 16.8 Å². The lowest BCUT2D eigenvalue weighted by atomic mass is 9.87. The van der Waals surface area contributed by atoms with Gasteiger partial charge < -0.3 is 0 Å². The van der Waals surface area contributed by atoms with Gasteiger partial charge in [0.05, 0.1) is 11.9 Å². The molecule has 0 saturated carbocycles. The smallest absolute Gasteiger partial charge is 0.203 e. The number of hydrogen-bond donors (Lipinski definition) is 1. The van der Waals surface area contributed by atoms with Crippen LogP contribution in [0.15, 0.2) is 59.0 Å². The average molecular weight is 353 g/mol. The summed E-state index contributed by atoms with van der Waals surface area (Å²) in [6.45, 7) is 6.58. The standard InChI is InChI=1S/C20H20FN3S/c1-20(2,3)16-8-4-14(5-9-16)12-22-24-19-23-18(13-25-19)15-6-10-17(21)11-7-15/h4-13H,1-3H3,(H,23,24). The van der Waals surface area contributed by atoms with Crippen LogP contribution in [0, 0.1) is 5.82 Å². The van der Waals surface area contributed by atoms with Crippen LogP contribution in [0.1, 0.15) is 31.9 Å². The van der Waals surface area contributed by atoms with Crippen LogP contribution in [0.3, 0.4) is 0 Å². The summed E-state index contributed by atoms with van der Waals surface area (Å²) in [7, 11) is 0. The maximum Gasteiger partial charge on any atom is 0.203 e. The van der Waals surface area contributed by atoms with Crippen molar-refractivity contribution in [3.63, 3.8) is 0 Å². The molecule has 0 fully saturated rings. The monoisotopic (exact) mass is 353 g/mol. The number of thiazole rings is 1. The third-order valence-corrected chi connectivity index (χ3v) is 4.54. The van der Waals surface area contributed by atoms with Gasteiger partial charge in [-0.05, 0) is 40.8 Å². The van der Waals surface area contributed by atoms with Crippen LogP contribution >= 0.6 is 11.3 Å². The van der Waals surface area contributed by atoms with Crippen molar-refractivity contribution in [3.05, 3.63) is 70.9 Å². The van der Waals surface area contributed by atoms with E-state index in [1.165, 1.54) is 29.0 Å². The number of anilines is 1. The highest BCUT2D eigenvalue weighted by atomic mass is 32.1. The normalized spacial score (nSPS) is 11.8. The van der Waals surface area contributed by atoms with E-state index in [-0.39, 0.29) is 11.2 Å². The van der Waals surface area contributed by atoms with Crippen molar-refractivity contribution in [2.45, 2.75) is 26.2 Å². The number of rotatable bonds is 4. The zero-order valence-corrected chi connectivity index (χ0v) is 15.3.